The van der Waals surface area contributed by atoms with Crippen LogP contribution in [0.1, 0.15) is 15.9 Å². The van der Waals surface area contributed by atoms with Gasteiger partial charge in [0.1, 0.15) is 21.7 Å². The molecule has 0 aliphatic carbocycles. The second-order valence-corrected chi connectivity index (χ2v) is 12.0. The predicted molar refractivity (Wildman–Crippen MR) is 153 cm³/mol. The van der Waals surface area contributed by atoms with Gasteiger partial charge in [-0.2, -0.15) is 0 Å². The Morgan fingerprint density at radius 2 is 0.973 bits per heavy atom. The molecule has 0 fully saturated rings. The van der Waals surface area contributed by atoms with Gasteiger partial charge in [0, 0.05) is 11.6 Å². The number of carbonyl (C=O) groups excluding carboxylic acids is 1. The summed E-state index contributed by atoms with van der Waals surface area (Å²) in [6.45, 7) is 0. The van der Waals surface area contributed by atoms with Gasteiger partial charge >= 0.3 is 0 Å². The summed E-state index contributed by atoms with van der Waals surface area (Å²) in [6.07, 6.45) is 1.99. The molecule has 0 bridgehead atoms. The van der Waals surface area contributed by atoms with Gasteiger partial charge in [-0.1, -0.05) is 84.9 Å². The third-order valence-corrected chi connectivity index (χ3v) is 10.4. The number of halogens is 1. The minimum atomic E-state index is -2.58. The van der Waals surface area contributed by atoms with Crippen LogP contribution in [-0.4, -0.2) is 5.91 Å². The second kappa shape index (κ2) is 11.2. The lowest BCUT2D eigenvalue weighted by molar-refractivity contribution is 0.0969. The van der Waals surface area contributed by atoms with E-state index in [1.807, 2.05) is 78.9 Å². The molecular weight excluding hydrogens is 476 g/mol. The summed E-state index contributed by atoms with van der Waals surface area (Å²) < 4.78 is 13.8. The van der Waals surface area contributed by atoms with E-state index in [0.717, 1.165) is 26.9 Å². The molecule has 1 N–H and O–H groups in total. The van der Waals surface area contributed by atoms with Crippen LogP contribution >= 0.6 is 7.26 Å². The average Bonchev–Trinajstić information content (AvgIpc) is 2.97. The van der Waals surface area contributed by atoms with E-state index in [2.05, 4.69) is 41.7 Å². The normalized spacial score (nSPS) is 11.6. The highest BCUT2D eigenvalue weighted by atomic mass is 31.2. The fourth-order valence-corrected chi connectivity index (χ4v) is 8.73. The number of benzene rings is 5. The standard InChI is InChI=1S/C33H25FNOP/c34-28-23-21-26(22-24-28)25-32(35-33(36)27-13-5-1-6-14-27)37(29-15-7-2-8-16-29,30-17-9-3-10-18-30)31-19-11-4-12-20-31/h1-25H/p+1/b32-25+. The first-order valence-corrected chi connectivity index (χ1v) is 13.9. The van der Waals surface area contributed by atoms with Crippen LogP contribution in [0.5, 0.6) is 0 Å². The van der Waals surface area contributed by atoms with Gasteiger partial charge in [-0.25, -0.2) is 4.39 Å². The molecule has 0 saturated carbocycles. The average molecular weight is 503 g/mol. The Morgan fingerprint density at radius 1 is 0.568 bits per heavy atom. The monoisotopic (exact) mass is 502 g/mol. The highest BCUT2D eigenvalue weighted by Gasteiger charge is 2.50. The Hall–Kier alpha value is -4.33. The highest BCUT2D eigenvalue weighted by molar-refractivity contribution is 7.99. The Kier molecular flexibility index (Phi) is 7.35. The number of amides is 1. The molecule has 1 amide bonds. The topological polar surface area (TPSA) is 29.1 Å². The number of hydrogen-bond acceptors (Lipinski definition) is 1. The van der Waals surface area contributed by atoms with Crippen molar-refractivity contribution in [3.8, 4) is 0 Å². The lowest BCUT2D eigenvalue weighted by Gasteiger charge is -2.29. The van der Waals surface area contributed by atoms with Crippen molar-refractivity contribution in [3.63, 3.8) is 0 Å². The molecule has 5 aromatic rings. The number of nitrogens with one attached hydrogen (secondary N) is 1. The molecule has 37 heavy (non-hydrogen) atoms. The molecule has 0 aromatic heterocycles. The van der Waals surface area contributed by atoms with E-state index in [1.165, 1.54) is 12.1 Å². The quantitative estimate of drug-likeness (QED) is 0.251. The van der Waals surface area contributed by atoms with Crippen molar-refractivity contribution in [1.29, 1.82) is 0 Å². The molecule has 0 heterocycles. The molecule has 0 spiro atoms. The molecule has 0 saturated heterocycles. The first-order chi connectivity index (χ1) is 18.2. The molecule has 2 nitrogen and oxygen atoms in total. The van der Waals surface area contributed by atoms with E-state index in [4.69, 9.17) is 0 Å². The number of rotatable bonds is 7. The smallest absolute Gasteiger partial charge is 0.258 e. The molecule has 5 rings (SSSR count). The fraction of sp³-hybridized carbons (Fsp3) is 0. The molecule has 0 atom stereocenters. The largest absolute Gasteiger partial charge is 0.292 e. The van der Waals surface area contributed by atoms with Crippen molar-refractivity contribution < 1.29 is 9.18 Å². The van der Waals surface area contributed by atoms with E-state index < -0.39 is 7.26 Å². The van der Waals surface area contributed by atoms with Crippen molar-refractivity contribution in [3.05, 3.63) is 168 Å². The summed E-state index contributed by atoms with van der Waals surface area (Å²) in [7, 11) is -2.58. The highest BCUT2D eigenvalue weighted by Crippen LogP contribution is 2.61. The number of carbonyl (C=O) groups is 1. The zero-order valence-electron chi connectivity index (χ0n) is 20.2. The van der Waals surface area contributed by atoms with Gasteiger partial charge in [-0.3, -0.25) is 10.1 Å². The maximum absolute atomic E-state index is 13.8. The SMILES string of the molecule is O=C(N/C(=C\c1ccc(F)cc1)[P+](c1ccccc1)(c1ccccc1)c1ccccc1)c1ccccc1. The molecule has 4 heteroatoms. The van der Waals surface area contributed by atoms with Gasteiger partial charge in [0.15, 0.2) is 12.7 Å². The Morgan fingerprint density at radius 3 is 1.41 bits per heavy atom. The van der Waals surface area contributed by atoms with Crippen LogP contribution in [-0.2, 0) is 0 Å². The molecule has 0 radical (unpaired) electrons. The summed E-state index contributed by atoms with van der Waals surface area (Å²) in [5.74, 6) is -0.497. The Bertz CT molecular complexity index is 1390. The maximum atomic E-state index is 13.8. The minimum Gasteiger partial charge on any atom is -0.292 e. The predicted octanol–water partition coefficient (Wildman–Crippen LogP) is 6.55. The second-order valence-electron chi connectivity index (χ2n) is 8.58. The Labute approximate surface area is 217 Å². The summed E-state index contributed by atoms with van der Waals surface area (Å²) in [6, 6.07) is 46.5. The Balaban J connectivity index is 1.83. The third-order valence-electron chi connectivity index (χ3n) is 6.24. The summed E-state index contributed by atoms with van der Waals surface area (Å²) in [5, 5.41) is 6.63. The van der Waals surface area contributed by atoms with Crippen LogP contribution in [0.2, 0.25) is 0 Å². The van der Waals surface area contributed by atoms with Gasteiger partial charge in [0.05, 0.1) is 0 Å². The van der Waals surface area contributed by atoms with Crippen LogP contribution in [0.15, 0.2) is 151 Å². The van der Waals surface area contributed by atoms with Gasteiger partial charge in [-0.15, -0.1) is 0 Å². The van der Waals surface area contributed by atoms with Crippen LogP contribution < -0.4 is 21.2 Å². The molecule has 0 aliphatic rings. The van der Waals surface area contributed by atoms with Crippen LogP contribution in [0, 0.1) is 5.82 Å². The van der Waals surface area contributed by atoms with E-state index in [-0.39, 0.29) is 11.7 Å². The van der Waals surface area contributed by atoms with Crippen molar-refractivity contribution in [2.24, 2.45) is 0 Å². The van der Waals surface area contributed by atoms with Crippen LogP contribution in [0.4, 0.5) is 4.39 Å². The van der Waals surface area contributed by atoms with Gasteiger partial charge in [0.2, 0.25) is 0 Å². The maximum Gasteiger partial charge on any atom is 0.258 e. The van der Waals surface area contributed by atoms with E-state index in [0.29, 0.717) is 5.56 Å². The van der Waals surface area contributed by atoms with E-state index in [1.54, 1.807) is 24.3 Å². The number of hydrogen-bond donors (Lipinski definition) is 1. The van der Waals surface area contributed by atoms with Crippen molar-refractivity contribution in [1.82, 2.24) is 5.32 Å². The molecule has 0 unspecified atom stereocenters. The third kappa shape index (κ3) is 5.14. The van der Waals surface area contributed by atoms with Crippen LogP contribution in [0.3, 0.4) is 0 Å². The van der Waals surface area contributed by atoms with E-state index >= 15 is 0 Å². The fourth-order valence-electron chi connectivity index (χ4n) is 4.53. The molecule has 0 aliphatic heterocycles. The lowest BCUT2D eigenvalue weighted by Crippen LogP contribution is -2.38. The molecule has 5 aromatic carbocycles. The molecule has 180 valence electrons. The van der Waals surface area contributed by atoms with E-state index in [9.17, 15) is 9.18 Å². The zero-order valence-corrected chi connectivity index (χ0v) is 21.1. The van der Waals surface area contributed by atoms with Crippen molar-refractivity contribution >= 4 is 35.2 Å². The first-order valence-electron chi connectivity index (χ1n) is 12.1. The van der Waals surface area contributed by atoms with Gasteiger partial charge in [-0.05, 0) is 66.2 Å². The van der Waals surface area contributed by atoms with Gasteiger partial charge < -0.3 is 0 Å². The van der Waals surface area contributed by atoms with Crippen molar-refractivity contribution in [2.45, 2.75) is 0 Å². The van der Waals surface area contributed by atoms with Crippen LogP contribution in [0.25, 0.3) is 6.08 Å². The minimum absolute atomic E-state index is 0.193. The zero-order chi connectivity index (χ0) is 25.5. The first kappa shape index (κ1) is 24.4. The summed E-state index contributed by atoms with van der Waals surface area (Å²) in [4.78, 5) is 13.6. The van der Waals surface area contributed by atoms with Crippen molar-refractivity contribution in [2.75, 3.05) is 0 Å². The molecular formula is C33H26FNOP+. The summed E-state index contributed by atoms with van der Waals surface area (Å²) in [5.41, 5.74) is 2.15. The summed E-state index contributed by atoms with van der Waals surface area (Å²) >= 11 is 0. The van der Waals surface area contributed by atoms with Gasteiger partial charge in [0.25, 0.3) is 5.91 Å². The lowest BCUT2D eigenvalue weighted by atomic mass is 10.2.